The Balaban J connectivity index is 1.64. The van der Waals surface area contributed by atoms with E-state index in [0.717, 1.165) is 12.0 Å². The predicted octanol–water partition coefficient (Wildman–Crippen LogP) is 5.28. The third-order valence-corrected chi connectivity index (χ3v) is 6.70. The lowest BCUT2D eigenvalue weighted by Crippen LogP contribution is -2.37. The number of ether oxygens (including phenoxy) is 2. The van der Waals surface area contributed by atoms with Gasteiger partial charge >= 0.3 is 12.1 Å². The number of benzene rings is 1. The van der Waals surface area contributed by atoms with E-state index >= 15 is 0 Å². The van der Waals surface area contributed by atoms with Crippen LogP contribution in [0, 0.1) is 0 Å². The average molecular weight is 563 g/mol. The van der Waals surface area contributed by atoms with Crippen molar-refractivity contribution < 1.29 is 23.9 Å². The number of nitrogens with two attached hydrogens (primary N) is 1. The highest BCUT2D eigenvalue weighted by molar-refractivity contribution is 6.04. The standard InChI is InChI=1S/C30H38N6O5/c1-7-40-28(38)25-24(34-26(36(25)31)22-9-8-16-35(22)29(39)41-30(4,5)6)19-10-12-20(13-11-19)27(37)33-23-17-21(18(2)3)14-15-32-23/h10-15,17-18,22H,7-9,16,31H2,1-6H3,(H,32,33,37). The number of carbonyl (C=O) groups excluding carboxylic acids is 3. The molecule has 1 atom stereocenters. The highest BCUT2D eigenvalue weighted by atomic mass is 16.6. The van der Waals surface area contributed by atoms with Gasteiger partial charge < -0.3 is 20.6 Å². The Labute approximate surface area is 240 Å². The molecule has 1 saturated heterocycles. The number of nitrogens with one attached hydrogen (secondary N) is 1. The Morgan fingerprint density at radius 3 is 2.49 bits per heavy atom. The first-order valence-electron chi connectivity index (χ1n) is 13.8. The summed E-state index contributed by atoms with van der Waals surface area (Å²) >= 11 is 0. The summed E-state index contributed by atoms with van der Waals surface area (Å²) in [5.74, 6) is 6.60. The zero-order valence-electron chi connectivity index (χ0n) is 24.4. The van der Waals surface area contributed by atoms with E-state index in [1.807, 2.05) is 12.1 Å². The molecule has 11 nitrogen and oxygen atoms in total. The van der Waals surface area contributed by atoms with Crippen molar-refractivity contribution in [2.75, 3.05) is 24.3 Å². The molecule has 0 aliphatic carbocycles. The second-order valence-electron chi connectivity index (χ2n) is 11.3. The molecule has 0 spiro atoms. The van der Waals surface area contributed by atoms with E-state index in [2.05, 4.69) is 24.1 Å². The van der Waals surface area contributed by atoms with Gasteiger partial charge in [-0.05, 0) is 76.3 Å². The number of pyridine rings is 1. The van der Waals surface area contributed by atoms with Crippen LogP contribution < -0.4 is 11.2 Å². The summed E-state index contributed by atoms with van der Waals surface area (Å²) in [6, 6.07) is 9.97. The van der Waals surface area contributed by atoms with E-state index in [1.165, 1.54) is 4.68 Å². The maximum Gasteiger partial charge on any atom is 0.410 e. The number of hydrogen-bond acceptors (Lipinski definition) is 8. The van der Waals surface area contributed by atoms with Crippen LogP contribution in [0.2, 0.25) is 0 Å². The number of aromatic nitrogens is 3. The van der Waals surface area contributed by atoms with Crippen molar-refractivity contribution in [1.82, 2.24) is 19.5 Å². The van der Waals surface area contributed by atoms with E-state index in [1.54, 1.807) is 63.1 Å². The van der Waals surface area contributed by atoms with Gasteiger partial charge in [-0.15, -0.1) is 0 Å². The first-order chi connectivity index (χ1) is 19.4. The molecule has 1 unspecified atom stereocenters. The van der Waals surface area contributed by atoms with Crippen LogP contribution in [0.4, 0.5) is 10.6 Å². The van der Waals surface area contributed by atoms with Crippen LogP contribution in [0.1, 0.15) is 98.6 Å². The van der Waals surface area contributed by atoms with Crippen molar-refractivity contribution >= 4 is 23.8 Å². The molecule has 0 radical (unpaired) electrons. The Morgan fingerprint density at radius 1 is 1.15 bits per heavy atom. The molecule has 0 saturated carbocycles. The molecule has 41 heavy (non-hydrogen) atoms. The summed E-state index contributed by atoms with van der Waals surface area (Å²) in [4.78, 5) is 49.4. The van der Waals surface area contributed by atoms with E-state index in [-0.39, 0.29) is 18.2 Å². The summed E-state index contributed by atoms with van der Waals surface area (Å²) in [6.45, 7) is 11.9. The molecular weight excluding hydrogens is 524 g/mol. The highest BCUT2D eigenvalue weighted by Gasteiger charge is 2.38. The molecule has 1 aliphatic heterocycles. The van der Waals surface area contributed by atoms with Gasteiger partial charge in [0.1, 0.15) is 17.1 Å². The van der Waals surface area contributed by atoms with Crippen LogP contribution in [0.5, 0.6) is 0 Å². The molecule has 1 aliphatic rings. The number of rotatable bonds is 7. The molecule has 2 amide bonds. The number of nitrogen functional groups attached to an aromatic ring is 1. The SMILES string of the molecule is CCOC(=O)c1c(-c2ccc(C(=O)Nc3cc(C(C)C)ccn3)cc2)nc(C2CCCN2C(=O)OC(C)(C)C)n1N. The minimum absolute atomic E-state index is 0.0600. The molecule has 3 heterocycles. The van der Waals surface area contributed by atoms with Crippen LogP contribution in [-0.2, 0) is 9.47 Å². The molecule has 218 valence electrons. The monoisotopic (exact) mass is 562 g/mol. The van der Waals surface area contributed by atoms with E-state index in [9.17, 15) is 14.4 Å². The highest BCUT2D eigenvalue weighted by Crippen LogP contribution is 2.35. The smallest absolute Gasteiger partial charge is 0.410 e. The lowest BCUT2D eigenvalue weighted by Gasteiger charge is -2.28. The second kappa shape index (κ2) is 12.0. The predicted molar refractivity (Wildman–Crippen MR) is 155 cm³/mol. The molecule has 1 aromatic carbocycles. The van der Waals surface area contributed by atoms with Gasteiger partial charge in [-0.2, -0.15) is 0 Å². The van der Waals surface area contributed by atoms with Gasteiger partial charge in [0.2, 0.25) is 0 Å². The third-order valence-electron chi connectivity index (χ3n) is 6.70. The second-order valence-corrected chi connectivity index (χ2v) is 11.3. The van der Waals surface area contributed by atoms with Gasteiger partial charge in [0.15, 0.2) is 11.5 Å². The lowest BCUT2D eigenvalue weighted by atomic mass is 10.0. The first kappa shape index (κ1) is 29.6. The van der Waals surface area contributed by atoms with Gasteiger partial charge in [-0.25, -0.2) is 24.2 Å². The van der Waals surface area contributed by atoms with E-state index < -0.39 is 23.7 Å². The Bertz CT molecular complexity index is 1420. The molecule has 1 fully saturated rings. The normalized spacial score (nSPS) is 15.2. The number of nitrogens with zero attached hydrogens (tertiary/aromatic N) is 4. The van der Waals surface area contributed by atoms with Crippen LogP contribution in [0.3, 0.4) is 0 Å². The van der Waals surface area contributed by atoms with Crippen molar-refractivity contribution in [2.45, 2.75) is 71.9 Å². The number of esters is 1. The van der Waals surface area contributed by atoms with Crippen LogP contribution in [0.25, 0.3) is 11.3 Å². The minimum atomic E-state index is -0.662. The third kappa shape index (κ3) is 6.67. The summed E-state index contributed by atoms with van der Waals surface area (Å²) in [6.07, 6.45) is 2.55. The Hall–Kier alpha value is -4.41. The Kier molecular flexibility index (Phi) is 8.65. The number of anilines is 1. The Morgan fingerprint density at radius 2 is 1.85 bits per heavy atom. The van der Waals surface area contributed by atoms with Crippen molar-refractivity contribution in [2.24, 2.45) is 0 Å². The summed E-state index contributed by atoms with van der Waals surface area (Å²) < 4.78 is 12.1. The lowest BCUT2D eigenvalue weighted by molar-refractivity contribution is 0.0216. The van der Waals surface area contributed by atoms with E-state index in [0.29, 0.717) is 47.3 Å². The fourth-order valence-corrected chi connectivity index (χ4v) is 4.70. The summed E-state index contributed by atoms with van der Waals surface area (Å²) in [7, 11) is 0. The molecule has 3 aromatic rings. The summed E-state index contributed by atoms with van der Waals surface area (Å²) in [5.41, 5.74) is 1.74. The van der Waals surface area contributed by atoms with Crippen molar-refractivity contribution in [3.8, 4) is 11.3 Å². The number of imidazole rings is 1. The van der Waals surface area contributed by atoms with Gasteiger partial charge in [-0.1, -0.05) is 26.0 Å². The largest absolute Gasteiger partial charge is 0.461 e. The zero-order valence-corrected chi connectivity index (χ0v) is 24.4. The van der Waals surface area contributed by atoms with Gasteiger partial charge in [0, 0.05) is 23.9 Å². The van der Waals surface area contributed by atoms with Crippen molar-refractivity contribution in [3.63, 3.8) is 0 Å². The molecular formula is C30H38N6O5. The zero-order chi connectivity index (χ0) is 29.9. The van der Waals surface area contributed by atoms with E-state index in [4.69, 9.17) is 20.3 Å². The number of amides is 2. The fraction of sp³-hybridized carbons (Fsp3) is 0.433. The number of likely N-dealkylation sites (tertiary alicyclic amines) is 1. The van der Waals surface area contributed by atoms with Gasteiger partial charge in [-0.3, -0.25) is 9.69 Å². The average Bonchev–Trinajstić information content (AvgIpc) is 3.52. The topological polar surface area (TPSA) is 142 Å². The maximum atomic E-state index is 13.0. The quantitative estimate of drug-likeness (QED) is 0.292. The van der Waals surface area contributed by atoms with Crippen LogP contribution >= 0.6 is 0 Å². The minimum Gasteiger partial charge on any atom is -0.461 e. The van der Waals surface area contributed by atoms with Gasteiger partial charge in [0.05, 0.1) is 12.6 Å². The van der Waals surface area contributed by atoms with Crippen molar-refractivity contribution in [3.05, 3.63) is 65.2 Å². The molecule has 2 aromatic heterocycles. The molecule has 11 heteroatoms. The molecule has 3 N–H and O–H groups in total. The summed E-state index contributed by atoms with van der Waals surface area (Å²) in [5, 5.41) is 2.83. The maximum absolute atomic E-state index is 13.0. The molecule has 4 rings (SSSR count). The van der Waals surface area contributed by atoms with Crippen molar-refractivity contribution in [1.29, 1.82) is 0 Å². The molecule has 0 bridgehead atoms. The number of carbonyl (C=O) groups is 3. The number of hydrogen-bond donors (Lipinski definition) is 2. The van der Waals surface area contributed by atoms with Crippen LogP contribution in [0.15, 0.2) is 42.6 Å². The van der Waals surface area contributed by atoms with Gasteiger partial charge in [0.25, 0.3) is 5.91 Å². The fourth-order valence-electron chi connectivity index (χ4n) is 4.70. The first-order valence-corrected chi connectivity index (χ1v) is 13.8. The van der Waals surface area contributed by atoms with Crippen LogP contribution in [-0.4, -0.2) is 56.3 Å².